The molecule has 5 nitrogen and oxygen atoms in total. The first kappa shape index (κ1) is 13.6. The summed E-state index contributed by atoms with van der Waals surface area (Å²) in [5, 5.41) is 18.5. The number of hydrogen-bond donors (Lipinski definition) is 2. The first-order chi connectivity index (χ1) is 8.97. The predicted molar refractivity (Wildman–Crippen MR) is 72.0 cm³/mol. The Balaban J connectivity index is 3.01. The molecular weight excluding hydrogens is 270 g/mol. The molecule has 2 rings (SSSR count). The van der Waals surface area contributed by atoms with E-state index in [2.05, 4.69) is 0 Å². The van der Waals surface area contributed by atoms with Gasteiger partial charge in [-0.15, -0.1) is 0 Å². The quantitative estimate of drug-likeness (QED) is 0.896. The SMILES string of the molecule is Cc1ccc(Cl)c2c(=O)c(C(=O)O)cn(CCO)c12. The van der Waals surface area contributed by atoms with Crippen molar-refractivity contribution in [2.24, 2.45) is 0 Å². The van der Waals surface area contributed by atoms with Crippen molar-refractivity contribution in [2.45, 2.75) is 13.5 Å². The molecule has 0 atom stereocenters. The molecule has 0 saturated carbocycles. The molecule has 0 aliphatic carbocycles. The lowest BCUT2D eigenvalue weighted by molar-refractivity contribution is 0.0694. The zero-order valence-corrected chi connectivity index (χ0v) is 10.9. The third kappa shape index (κ3) is 2.22. The number of halogens is 1. The van der Waals surface area contributed by atoms with Crippen LogP contribution in [0.5, 0.6) is 0 Å². The lowest BCUT2D eigenvalue weighted by Gasteiger charge is -2.14. The Morgan fingerprint density at radius 1 is 1.42 bits per heavy atom. The number of carboxylic acid groups (broad SMARTS) is 1. The predicted octanol–water partition coefficient (Wildman–Crippen LogP) is 1.65. The Labute approximate surface area is 113 Å². The minimum atomic E-state index is -1.31. The van der Waals surface area contributed by atoms with E-state index in [0.29, 0.717) is 5.52 Å². The van der Waals surface area contributed by atoms with E-state index >= 15 is 0 Å². The van der Waals surface area contributed by atoms with Gasteiger partial charge in [0.05, 0.1) is 22.5 Å². The van der Waals surface area contributed by atoms with Gasteiger partial charge in [-0.25, -0.2) is 4.79 Å². The van der Waals surface area contributed by atoms with Crippen LogP contribution in [0.25, 0.3) is 10.9 Å². The van der Waals surface area contributed by atoms with Crippen LogP contribution in [-0.2, 0) is 6.54 Å². The Morgan fingerprint density at radius 3 is 2.68 bits per heavy atom. The minimum absolute atomic E-state index is 0.164. The van der Waals surface area contributed by atoms with Gasteiger partial charge in [-0.2, -0.15) is 0 Å². The number of fused-ring (bicyclic) bond motifs is 1. The second kappa shape index (κ2) is 5.03. The fourth-order valence-electron chi connectivity index (χ4n) is 2.11. The molecule has 0 aliphatic rings. The molecule has 0 aliphatic heterocycles. The van der Waals surface area contributed by atoms with Crippen LogP contribution >= 0.6 is 11.6 Å². The first-order valence-electron chi connectivity index (χ1n) is 5.63. The second-order valence-corrected chi connectivity index (χ2v) is 4.59. The topological polar surface area (TPSA) is 79.5 Å². The van der Waals surface area contributed by atoms with Crippen molar-refractivity contribution < 1.29 is 15.0 Å². The highest BCUT2D eigenvalue weighted by molar-refractivity contribution is 6.35. The van der Waals surface area contributed by atoms with Crippen LogP contribution in [0.1, 0.15) is 15.9 Å². The molecule has 1 heterocycles. The van der Waals surface area contributed by atoms with Gasteiger partial charge in [-0.1, -0.05) is 17.7 Å². The van der Waals surface area contributed by atoms with Crippen LogP contribution in [0.3, 0.4) is 0 Å². The normalized spacial score (nSPS) is 10.9. The molecule has 1 aromatic heterocycles. The summed E-state index contributed by atoms with van der Waals surface area (Å²) in [6.45, 7) is 1.83. The van der Waals surface area contributed by atoms with Crippen molar-refractivity contribution >= 4 is 28.5 Å². The van der Waals surface area contributed by atoms with E-state index in [9.17, 15) is 9.59 Å². The summed E-state index contributed by atoms with van der Waals surface area (Å²) < 4.78 is 1.54. The van der Waals surface area contributed by atoms with Crippen LogP contribution in [0.15, 0.2) is 23.1 Å². The number of carbonyl (C=O) groups is 1. The van der Waals surface area contributed by atoms with E-state index in [4.69, 9.17) is 21.8 Å². The van der Waals surface area contributed by atoms with E-state index in [0.717, 1.165) is 5.56 Å². The smallest absolute Gasteiger partial charge is 0.341 e. The van der Waals surface area contributed by atoms with Crippen molar-refractivity contribution in [3.8, 4) is 0 Å². The number of benzene rings is 1. The van der Waals surface area contributed by atoms with E-state index in [1.54, 1.807) is 23.6 Å². The molecule has 2 aromatic rings. The Kier molecular flexibility index (Phi) is 3.59. The van der Waals surface area contributed by atoms with Gasteiger partial charge in [0.1, 0.15) is 5.56 Å². The van der Waals surface area contributed by atoms with Crippen LogP contribution in [-0.4, -0.2) is 27.4 Å². The highest BCUT2D eigenvalue weighted by Crippen LogP contribution is 2.24. The van der Waals surface area contributed by atoms with Crippen LogP contribution in [0.2, 0.25) is 5.02 Å². The number of carboxylic acids is 1. The largest absolute Gasteiger partial charge is 0.477 e. The summed E-state index contributed by atoms with van der Waals surface area (Å²) in [5.41, 5.74) is 0.386. The molecule has 0 spiro atoms. The van der Waals surface area contributed by atoms with Gasteiger partial charge < -0.3 is 14.8 Å². The zero-order valence-electron chi connectivity index (χ0n) is 10.2. The average Bonchev–Trinajstić information content (AvgIpc) is 2.35. The van der Waals surface area contributed by atoms with Gasteiger partial charge >= 0.3 is 5.97 Å². The van der Waals surface area contributed by atoms with Crippen molar-refractivity contribution in [3.63, 3.8) is 0 Å². The van der Waals surface area contributed by atoms with Crippen LogP contribution < -0.4 is 5.43 Å². The summed E-state index contributed by atoms with van der Waals surface area (Å²) in [7, 11) is 0. The number of pyridine rings is 1. The zero-order chi connectivity index (χ0) is 14.2. The number of aromatic nitrogens is 1. The van der Waals surface area contributed by atoms with Crippen molar-refractivity contribution in [1.29, 1.82) is 0 Å². The fraction of sp³-hybridized carbons (Fsp3) is 0.231. The summed E-state index contributed by atoms with van der Waals surface area (Å²) in [6.07, 6.45) is 1.24. The van der Waals surface area contributed by atoms with E-state index < -0.39 is 11.4 Å². The maximum absolute atomic E-state index is 12.2. The van der Waals surface area contributed by atoms with Gasteiger partial charge in [0.15, 0.2) is 0 Å². The van der Waals surface area contributed by atoms with Crippen LogP contribution in [0, 0.1) is 6.92 Å². The van der Waals surface area contributed by atoms with Crippen LogP contribution in [0.4, 0.5) is 0 Å². The Morgan fingerprint density at radius 2 is 2.11 bits per heavy atom. The standard InChI is InChI=1S/C13H12ClNO4/c1-7-2-3-9(14)10-11(7)15(4-5-16)6-8(12(10)17)13(18)19/h2-3,6,16H,4-5H2,1H3,(H,18,19). The number of aliphatic hydroxyl groups excluding tert-OH is 1. The minimum Gasteiger partial charge on any atom is -0.477 e. The van der Waals surface area contributed by atoms with E-state index in [-0.39, 0.29) is 29.1 Å². The third-order valence-electron chi connectivity index (χ3n) is 2.94. The van der Waals surface area contributed by atoms with Gasteiger partial charge in [0.2, 0.25) is 5.43 Å². The molecule has 100 valence electrons. The maximum Gasteiger partial charge on any atom is 0.341 e. The Hall–Kier alpha value is -1.85. The lowest BCUT2D eigenvalue weighted by atomic mass is 10.1. The third-order valence-corrected chi connectivity index (χ3v) is 3.26. The van der Waals surface area contributed by atoms with E-state index in [1.807, 2.05) is 0 Å². The fourth-order valence-corrected chi connectivity index (χ4v) is 2.35. The maximum atomic E-state index is 12.2. The van der Waals surface area contributed by atoms with Crippen molar-refractivity contribution in [3.05, 3.63) is 44.7 Å². The van der Waals surface area contributed by atoms with Crippen molar-refractivity contribution in [2.75, 3.05) is 6.61 Å². The molecule has 19 heavy (non-hydrogen) atoms. The lowest BCUT2D eigenvalue weighted by Crippen LogP contribution is -2.20. The highest BCUT2D eigenvalue weighted by Gasteiger charge is 2.17. The van der Waals surface area contributed by atoms with Crippen molar-refractivity contribution in [1.82, 2.24) is 4.57 Å². The summed E-state index contributed by atoms with van der Waals surface area (Å²) in [6, 6.07) is 3.31. The number of nitrogens with zero attached hydrogens (tertiary/aromatic N) is 1. The molecule has 0 unspecified atom stereocenters. The Bertz CT molecular complexity index is 721. The number of rotatable bonds is 3. The number of aromatic carboxylic acids is 1. The molecule has 6 heteroatoms. The summed E-state index contributed by atoms with van der Waals surface area (Å²) in [5.74, 6) is -1.31. The molecule has 0 fully saturated rings. The highest BCUT2D eigenvalue weighted by atomic mass is 35.5. The second-order valence-electron chi connectivity index (χ2n) is 4.18. The molecule has 2 N–H and O–H groups in total. The number of aliphatic hydroxyl groups is 1. The summed E-state index contributed by atoms with van der Waals surface area (Å²) in [4.78, 5) is 23.3. The molecule has 0 radical (unpaired) electrons. The monoisotopic (exact) mass is 281 g/mol. The molecule has 1 aromatic carbocycles. The van der Waals surface area contributed by atoms with Gasteiger partial charge in [-0.3, -0.25) is 4.79 Å². The van der Waals surface area contributed by atoms with Gasteiger partial charge in [0, 0.05) is 12.7 Å². The molecule has 0 amide bonds. The molecule has 0 bridgehead atoms. The molecule has 0 saturated heterocycles. The average molecular weight is 282 g/mol. The first-order valence-corrected chi connectivity index (χ1v) is 6.01. The molecular formula is C13H12ClNO4. The van der Waals surface area contributed by atoms with Gasteiger partial charge in [0.25, 0.3) is 0 Å². The van der Waals surface area contributed by atoms with Gasteiger partial charge in [-0.05, 0) is 18.6 Å². The number of aryl methyl sites for hydroxylation is 1. The summed E-state index contributed by atoms with van der Waals surface area (Å²) >= 11 is 6.01. The number of hydrogen-bond acceptors (Lipinski definition) is 3. The van der Waals surface area contributed by atoms with E-state index in [1.165, 1.54) is 6.20 Å².